The van der Waals surface area contributed by atoms with Crippen molar-refractivity contribution in [2.45, 2.75) is 0 Å². The van der Waals surface area contributed by atoms with Crippen LogP contribution in [-0.2, 0) is 0 Å². The van der Waals surface area contributed by atoms with Crippen molar-refractivity contribution in [1.82, 2.24) is 0 Å². The van der Waals surface area contributed by atoms with Crippen molar-refractivity contribution in [1.29, 1.82) is 0 Å². The molecular weight excluding hydrogens is 160 g/mol. The molecule has 0 aliphatic heterocycles. The van der Waals surface area contributed by atoms with Crippen LogP contribution in [0.4, 0.5) is 0 Å². The van der Waals surface area contributed by atoms with E-state index in [1.807, 2.05) is 0 Å². The molecule has 4 heteroatoms. The number of hydrogen-bond acceptors (Lipinski definition) is 3. The Morgan fingerprint density at radius 2 is 2.17 bits per heavy atom. The minimum atomic E-state index is -1.03. The van der Waals surface area contributed by atoms with E-state index in [1.54, 1.807) is 12.1 Å². The van der Waals surface area contributed by atoms with Crippen LogP contribution < -0.4 is 4.74 Å². The summed E-state index contributed by atoms with van der Waals surface area (Å²) in [6.07, 6.45) is 0. The summed E-state index contributed by atoms with van der Waals surface area (Å²) in [5, 5.41) is 8.75. The molecule has 0 radical (unpaired) electrons. The smallest absolute Gasteiger partial charge is 0.343 e. The third kappa shape index (κ3) is 0.689. The van der Waals surface area contributed by atoms with Crippen LogP contribution in [0.3, 0.4) is 0 Å². The SMILES string of the molecule is COc1c(C(=O)O)c2ccc1o2. The summed E-state index contributed by atoms with van der Waals surface area (Å²) in [5.74, 6) is -0.721. The highest BCUT2D eigenvalue weighted by atomic mass is 16.5. The zero-order valence-corrected chi connectivity index (χ0v) is 6.33. The van der Waals surface area contributed by atoms with Gasteiger partial charge in [0.15, 0.2) is 11.3 Å². The second kappa shape index (κ2) is 2.14. The molecule has 0 amide bonds. The molecule has 0 saturated heterocycles. The molecule has 0 unspecified atom stereocenters. The zero-order chi connectivity index (χ0) is 8.72. The highest BCUT2D eigenvalue weighted by Crippen LogP contribution is 2.34. The number of aromatic carboxylic acids is 1. The Morgan fingerprint density at radius 3 is 2.67 bits per heavy atom. The Morgan fingerprint density at radius 1 is 1.50 bits per heavy atom. The molecule has 12 heavy (non-hydrogen) atoms. The number of carboxylic acid groups (broad SMARTS) is 1. The fourth-order valence-electron chi connectivity index (χ4n) is 1.23. The monoisotopic (exact) mass is 166 g/mol. The first-order valence-corrected chi connectivity index (χ1v) is 3.36. The molecule has 0 aliphatic rings. The lowest BCUT2D eigenvalue weighted by atomic mass is 10.2. The van der Waals surface area contributed by atoms with Crippen LogP contribution in [0.15, 0.2) is 16.5 Å². The second-order valence-corrected chi connectivity index (χ2v) is 2.38. The fourth-order valence-corrected chi connectivity index (χ4v) is 1.23. The van der Waals surface area contributed by atoms with Crippen LogP contribution in [0, 0.1) is 0 Å². The number of furan rings is 2. The van der Waals surface area contributed by atoms with Crippen molar-refractivity contribution in [3.05, 3.63) is 17.7 Å². The van der Waals surface area contributed by atoms with Gasteiger partial charge in [-0.1, -0.05) is 0 Å². The first kappa shape index (κ1) is 6.97. The molecular formula is C8H6O4. The lowest BCUT2D eigenvalue weighted by Crippen LogP contribution is -1.98. The van der Waals surface area contributed by atoms with Crippen LogP contribution in [0.25, 0.3) is 11.2 Å². The Bertz CT molecular complexity index is 415. The van der Waals surface area contributed by atoms with E-state index in [9.17, 15) is 4.79 Å². The number of fused-ring (bicyclic) bond motifs is 2. The normalized spacial score (nSPS) is 10.8. The summed E-state index contributed by atoms with van der Waals surface area (Å²) >= 11 is 0. The lowest BCUT2D eigenvalue weighted by molar-refractivity contribution is 0.0695. The molecule has 0 aromatic carbocycles. The number of carboxylic acids is 1. The average Bonchev–Trinajstić information content (AvgIpc) is 2.60. The summed E-state index contributed by atoms with van der Waals surface area (Å²) in [5.41, 5.74) is 0.939. The first-order chi connectivity index (χ1) is 5.74. The number of methoxy groups -OCH3 is 1. The molecule has 0 saturated carbocycles. The van der Waals surface area contributed by atoms with Gasteiger partial charge in [-0.2, -0.15) is 0 Å². The summed E-state index contributed by atoms with van der Waals surface area (Å²) in [6, 6.07) is 3.29. The Hall–Kier alpha value is -1.71. The molecule has 4 nitrogen and oxygen atoms in total. The second-order valence-electron chi connectivity index (χ2n) is 2.38. The van der Waals surface area contributed by atoms with Crippen LogP contribution in [0.5, 0.6) is 5.75 Å². The molecule has 2 rings (SSSR count). The number of ether oxygens (including phenoxy) is 1. The molecule has 2 bridgehead atoms. The predicted octanol–water partition coefficient (Wildman–Crippen LogP) is 1.58. The van der Waals surface area contributed by atoms with Gasteiger partial charge in [-0.3, -0.25) is 0 Å². The van der Waals surface area contributed by atoms with Gasteiger partial charge in [0, 0.05) is 0 Å². The Labute approximate surface area is 67.7 Å². The summed E-state index contributed by atoms with van der Waals surface area (Å²) in [7, 11) is 1.42. The van der Waals surface area contributed by atoms with Crippen molar-refractivity contribution in [3.8, 4) is 5.75 Å². The van der Waals surface area contributed by atoms with E-state index < -0.39 is 5.97 Å². The minimum Gasteiger partial charge on any atom is -0.492 e. The minimum absolute atomic E-state index is 0.106. The van der Waals surface area contributed by atoms with Crippen molar-refractivity contribution in [2.75, 3.05) is 7.11 Å². The van der Waals surface area contributed by atoms with Crippen molar-refractivity contribution in [3.63, 3.8) is 0 Å². The predicted molar refractivity (Wildman–Crippen MR) is 40.9 cm³/mol. The van der Waals surface area contributed by atoms with Gasteiger partial charge >= 0.3 is 5.97 Å². The third-order valence-corrected chi connectivity index (χ3v) is 1.72. The van der Waals surface area contributed by atoms with Crippen LogP contribution in [0.2, 0.25) is 0 Å². The van der Waals surface area contributed by atoms with Gasteiger partial charge in [0.2, 0.25) is 0 Å². The van der Waals surface area contributed by atoms with Gasteiger partial charge < -0.3 is 14.3 Å². The Kier molecular flexibility index (Phi) is 1.24. The maximum absolute atomic E-state index is 10.7. The molecule has 0 atom stereocenters. The maximum Gasteiger partial charge on any atom is 0.343 e. The highest BCUT2D eigenvalue weighted by molar-refractivity contribution is 6.02. The molecule has 0 fully saturated rings. The van der Waals surface area contributed by atoms with Crippen molar-refractivity contribution < 1.29 is 19.1 Å². The molecule has 62 valence electrons. The van der Waals surface area contributed by atoms with E-state index in [1.165, 1.54) is 7.11 Å². The van der Waals surface area contributed by atoms with Gasteiger partial charge in [-0.05, 0) is 12.1 Å². The molecule has 1 N–H and O–H groups in total. The van der Waals surface area contributed by atoms with Gasteiger partial charge in [-0.15, -0.1) is 0 Å². The zero-order valence-electron chi connectivity index (χ0n) is 6.33. The summed E-state index contributed by atoms with van der Waals surface area (Å²) in [4.78, 5) is 10.7. The van der Waals surface area contributed by atoms with Crippen LogP contribution >= 0.6 is 0 Å². The third-order valence-electron chi connectivity index (χ3n) is 1.72. The molecule has 2 aromatic rings. The van der Waals surface area contributed by atoms with Gasteiger partial charge in [-0.25, -0.2) is 4.79 Å². The van der Waals surface area contributed by atoms with Gasteiger partial charge in [0.25, 0.3) is 0 Å². The van der Waals surface area contributed by atoms with Gasteiger partial charge in [0.1, 0.15) is 11.1 Å². The number of rotatable bonds is 2. The first-order valence-electron chi connectivity index (χ1n) is 3.36. The Balaban J connectivity index is 2.73. The average molecular weight is 166 g/mol. The molecule has 0 spiro atoms. The van der Waals surface area contributed by atoms with Crippen LogP contribution in [0.1, 0.15) is 10.4 Å². The summed E-state index contributed by atoms with van der Waals surface area (Å²) < 4.78 is 9.98. The topological polar surface area (TPSA) is 59.7 Å². The molecule has 0 aliphatic carbocycles. The maximum atomic E-state index is 10.7. The van der Waals surface area contributed by atoms with E-state index in [0.29, 0.717) is 16.9 Å². The van der Waals surface area contributed by atoms with Gasteiger partial charge in [0.05, 0.1) is 7.11 Å². The van der Waals surface area contributed by atoms with E-state index in [0.717, 1.165) is 0 Å². The highest BCUT2D eigenvalue weighted by Gasteiger charge is 2.22. The van der Waals surface area contributed by atoms with Crippen molar-refractivity contribution >= 4 is 17.1 Å². The lowest BCUT2D eigenvalue weighted by Gasteiger charge is -1.97. The number of carbonyl (C=O) groups is 1. The van der Waals surface area contributed by atoms with Crippen LogP contribution in [-0.4, -0.2) is 18.2 Å². The largest absolute Gasteiger partial charge is 0.492 e. The summed E-state index contributed by atoms with van der Waals surface area (Å²) in [6.45, 7) is 0. The molecule has 2 heterocycles. The van der Waals surface area contributed by atoms with E-state index in [-0.39, 0.29) is 5.56 Å². The van der Waals surface area contributed by atoms with E-state index >= 15 is 0 Å². The quantitative estimate of drug-likeness (QED) is 0.735. The number of hydrogen-bond donors (Lipinski definition) is 1. The molecule has 2 aromatic heterocycles. The fraction of sp³-hybridized carbons (Fsp3) is 0.125. The van der Waals surface area contributed by atoms with E-state index in [2.05, 4.69) is 0 Å². The number of benzene rings is 1. The van der Waals surface area contributed by atoms with Crippen molar-refractivity contribution in [2.24, 2.45) is 0 Å². The standard InChI is InChI=1S/C8H6O4/c1-11-7-5-3-2-4(12-5)6(7)8(9)10/h2-3H,1H3,(H,9,10). The van der Waals surface area contributed by atoms with E-state index in [4.69, 9.17) is 14.3 Å².